The molecule has 0 radical (unpaired) electrons. The van der Waals surface area contributed by atoms with Crippen molar-refractivity contribution in [2.75, 3.05) is 6.54 Å². The fourth-order valence-corrected chi connectivity index (χ4v) is 3.28. The molecule has 0 fully saturated rings. The first-order valence-corrected chi connectivity index (χ1v) is 7.67. The molecule has 1 aromatic carbocycles. The first kappa shape index (κ1) is 15.0. The van der Waals surface area contributed by atoms with E-state index in [0.29, 0.717) is 41.1 Å². The van der Waals surface area contributed by atoms with Crippen LogP contribution in [0, 0.1) is 5.92 Å². The number of nitrogens with zero attached hydrogens (tertiary/aromatic N) is 2. The molecule has 0 spiro atoms. The van der Waals surface area contributed by atoms with Crippen molar-refractivity contribution in [2.45, 2.75) is 19.1 Å². The molecule has 4 rings (SSSR count). The highest BCUT2D eigenvalue weighted by Crippen LogP contribution is 2.38. The molecule has 7 heteroatoms. The van der Waals surface area contributed by atoms with Gasteiger partial charge < -0.3 is 9.88 Å². The number of halogens is 3. The van der Waals surface area contributed by atoms with Crippen molar-refractivity contribution in [3.8, 4) is 0 Å². The minimum absolute atomic E-state index is 0.139. The van der Waals surface area contributed by atoms with Crippen molar-refractivity contribution >= 4 is 22.5 Å². The van der Waals surface area contributed by atoms with Crippen molar-refractivity contribution < 1.29 is 18.0 Å². The molecule has 1 aromatic heterocycles. The molecule has 2 aromatic rings. The summed E-state index contributed by atoms with van der Waals surface area (Å²) in [5.41, 5.74) is 2.35. The summed E-state index contributed by atoms with van der Waals surface area (Å²) in [6.45, 7) is 0.893. The predicted octanol–water partition coefficient (Wildman–Crippen LogP) is 3.30. The number of rotatable bonds is 1. The Bertz CT molecular complexity index is 892. The van der Waals surface area contributed by atoms with Gasteiger partial charge in [0.15, 0.2) is 0 Å². The summed E-state index contributed by atoms with van der Waals surface area (Å²) >= 11 is 0. The number of carbonyl (C=O) groups excluding carboxylic acids is 1. The van der Waals surface area contributed by atoms with Crippen molar-refractivity contribution in [1.82, 2.24) is 14.9 Å². The van der Waals surface area contributed by atoms with Gasteiger partial charge in [0.25, 0.3) is 5.91 Å². The van der Waals surface area contributed by atoms with Crippen LogP contribution >= 0.6 is 0 Å². The van der Waals surface area contributed by atoms with E-state index < -0.39 is 12.1 Å². The lowest BCUT2D eigenvalue weighted by atomic mass is 9.93. The molecule has 0 saturated carbocycles. The van der Waals surface area contributed by atoms with Gasteiger partial charge in [0.05, 0.1) is 22.5 Å². The summed E-state index contributed by atoms with van der Waals surface area (Å²) < 4.78 is 41.0. The van der Waals surface area contributed by atoms with Gasteiger partial charge in [-0.05, 0) is 24.1 Å². The molecule has 2 aliphatic rings. The second-order valence-corrected chi connectivity index (χ2v) is 5.95. The van der Waals surface area contributed by atoms with E-state index >= 15 is 0 Å². The molecule has 1 aliphatic carbocycles. The number of imidazole rings is 1. The van der Waals surface area contributed by atoms with Gasteiger partial charge in [-0.1, -0.05) is 24.3 Å². The second-order valence-electron chi connectivity index (χ2n) is 5.95. The van der Waals surface area contributed by atoms with Gasteiger partial charge in [0.1, 0.15) is 5.82 Å². The fraction of sp³-hybridized carbons (Fsp3) is 0.294. The number of para-hydroxylation sites is 1. The third kappa shape index (κ3) is 2.31. The quantitative estimate of drug-likeness (QED) is 0.870. The van der Waals surface area contributed by atoms with E-state index in [1.807, 2.05) is 4.57 Å². The standard InChI is InChI=1S/C17H14F3N3O/c18-17(19,20)11-4-1-3-10(9-11)15-22-13-6-2-5-12-14(13)23(15)8-7-21-16(12)24/h1-6,11H,7-9H2,(H,21,24). The largest absolute Gasteiger partial charge is 0.395 e. The smallest absolute Gasteiger partial charge is 0.350 e. The lowest BCUT2D eigenvalue weighted by Gasteiger charge is -2.21. The van der Waals surface area contributed by atoms with Crippen LogP contribution < -0.4 is 5.32 Å². The van der Waals surface area contributed by atoms with Crippen LogP contribution in [0.5, 0.6) is 0 Å². The van der Waals surface area contributed by atoms with E-state index in [1.54, 1.807) is 24.3 Å². The minimum Gasteiger partial charge on any atom is -0.350 e. The number of hydrogen-bond donors (Lipinski definition) is 1. The fourth-order valence-electron chi connectivity index (χ4n) is 3.28. The predicted molar refractivity (Wildman–Crippen MR) is 83.3 cm³/mol. The zero-order valence-electron chi connectivity index (χ0n) is 12.6. The average molecular weight is 333 g/mol. The molecule has 4 nitrogen and oxygen atoms in total. The van der Waals surface area contributed by atoms with Crippen molar-refractivity contribution in [3.05, 3.63) is 47.8 Å². The van der Waals surface area contributed by atoms with Crippen LogP contribution in [0.2, 0.25) is 0 Å². The number of aromatic nitrogens is 2. The van der Waals surface area contributed by atoms with Crippen molar-refractivity contribution in [2.24, 2.45) is 5.92 Å². The highest BCUT2D eigenvalue weighted by atomic mass is 19.4. The summed E-state index contributed by atoms with van der Waals surface area (Å²) in [7, 11) is 0. The minimum atomic E-state index is -4.27. The van der Waals surface area contributed by atoms with Gasteiger partial charge in [-0.25, -0.2) is 4.98 Å². The zero-order valence-corrected chi connectivity index (χ0v) is 12.6. The van der Waals surface area contributed by atoms with Crippen molar-refractivity contribution in [3.63, 3.8) is 0 Å². The summed E-state index contributed by atoms with van der Waals surface area (Å²) in [6.07, 6.45) is -0.133. The Hall–Kier alpha value is -2.57. The average Bonchev–Trinajstić information content (AvgIpc) is 2.84. The van der Waals surface area contributed by atoms with E-state index in [-0.39, 0.29) is 12.3 Å². The molecule has 1 atom stereocenters. The Morgan fingerprint density at radius 2 is 2.12 bits per heavy atom. The maximum absolute atomic E-state index is 13.0. The molecule has 1 N–H and O–H groups in total. The van der Waals surface area contributed by atoms with E-state index in [0.717, 1.165) is 0 Å². The van der Waals surface area contributed by atoms with Gasteiger partial charge in [-0.2, -0.15) is 13.2 Å². The highest BCUT2D eigenvalue weighted by Gasteiger charge is 2.39. The molecule has 1 amide bonds. The maximum atomic E-state index is 13.0. The number of benzene rings is 1. The van der Waals surface area contributed by atoms with E-state index in [2.05, 4.69) is 10.3 Å². The molecule has 1 aliphatic heterocycles. The number of nitrogens with one attached hydrogen (secondary N) is 1. The first-order chi connectivity index (χ1) is 11.4. The lowest BCUT2D eigenvalue weighted by Crippen LogP contribution is -2.25. The van der Waals surface area contributed by atoms with Gasteiger partial charge in [0.2, 0.25) is 0 Å². The van der Waals surface area contributed by atoms with Gasteiger partial charge >= 0.3 is 6.18 Å². The van der Waals surface area contributed by atoms with Crippen LogP contribution in [0.25, 0.3) is 16.6 Å². The summed E-state index contributed by atoms with van der Waals surface area (Å²) in [5.74, 6) is -1.18. The van der Waals surface area contributed by atoms with Crippen LogP contribution in [-0.4, -0.2) is 28.2 Å². The van der Waals surface area contributed by atoms with Crippen LogP contribution in [0.4, 0.5) is 13.2 Å². The Morgan fingerprint density at radius 3 is 2.92 bits per heavy atom. The van der Waals surface area contributed by atoms with E-state index in [4.69, 9.17) is 0 Å². The Kier molecular flexibility index (Phi) is 3.26. The molecular formula is C17H14F3N3O. The lowest BCUT2D eigenvalue weighted by molar-refractivity contribution is -0.159. The number of alkyl halides is 3. The number of amides is 1. The Morgan fingerprint density at radius 1 is 1.29 bits per heavy atom. The van der Waals surface area contributed by atoms with Crippen LogP contribution in [0.3, 0.4) is 0 Å². The second kappa shape index (κ2) is 5.22. The molecule has 24 heavy (non-hydrogen) atoms. The van der Waals surface area contributed by atoms with Crippen LogP contribution in [-0.2, 0) is 6.54 Å². The van der Waals surface area contributed by atoms with E-state index in [9.17, 15) is 18.0 Å². The summed E-state index contributed by atoms with van der Waals surface area (Å²) in [4.78, 5) is 16.6. The van der Waals surface area contributed by atoms with E-state index in [1.165, 1.54) is 12.2 Å². The first-order valence-electron chi connectivity index (χ1n) is 7.67. The zero-order chi connectivity index (χ0) is 16.9. The van der Waals surface area contributed by atoms with Gasteiger partial charge in [-0.15, -0.1) is 0 Å². The number of hydrogen-bond acceptors (Lipinski definition) is 2. The molecule has 124 valence electrons. The summed E-state index contributed by atoms with van der Waals surface area (Å²) in [6, 6.07) is 5.22. The number of allylic oxidation sites excluding steroid dienone is 4. The topological polar surface area (TPSA) is 46.9 Å². The molecule has 2 heterocycles. The highest BCUT2D eigenvalue weighted by molar-refractivity contribution is 6.06. The maximum Gasteiger partial charge on any atom is 0.395 e. The Balaban J connectivity index is 1.85. The molecule has 0 bridgehead atoms. The van der Waals surface area contributed by atoms with Gasteiger partial charge in [0, 0.05) is 13.1 Å². The molecule has 1 unspecified atom stereocenters. The third-order valence-electron chi connectivity index (χ3n) is 4.42. The van der Waals surface area contributed by atoms with Gasteiger partial charge in [-0.3, -0.25) is 4.79 Å². The SMILES string of the molecule is O=C1NCCn2c(C3=CC=CC(C(F)(F)F)C3)nc3cccc1c32. The number of carbonyl (C=O) groups is 1. The summed E-state index contributed by atoms with van der Waals surface area (Å²) in [5, 5.41) is 2.80. The monoisotopic (exact) mass is 333 g/mol. The Labute approximate surface area is 135 Å². The normalized spacial score (nSPS) is 20.7. The van der Waals surface area contributed by atoms with Crippen molar-refractivity contribution in [1.29, 1.82) is 0 Å². The molecular weight excluding hydrogens is 319 g/mol. The third-order valence-corrected chi connectivity index (χ3v) is 4.42. The van der Waals surface area contributed by atoms with Crippen LogP contribution in [0.15, 0.2) is 36.4 Å². The van der Waals surface area contributed by atoms with Crippen LogP contribution in [0.1, 0.15) is 22.6 Å². The molecule has 0 saturated heterocycles.